The number of hydrogen-bond donors (Lipinski definition) is 2. The van der Waals surface area contributed by atoms with Crippen LogP contribution in [0.2, 0.25) is 0 Å². The summed E-state index contributed by atoms with van der Waals surface area (Å²) in [4.78, 5) is 11.5. The lowest BCUT2D eigenvalue weighted by molar-refractivity contribution is -0.145. The molecule has 0 heterocycles. The number of methoxy groups -OCH3 is 1. The van der Waals surface area contributed by atoms with Crippen LogP contribution < -0.4 is 4.74 Å². The van der Waals surface area contributed by atoms with E-state index >= 15 is 0 Å². The second-order valence-corrected chi connectivity index (χ2v) is 7.76. The Morgan fingerprint density at radius 3 is 2.38 bits per heavy atom. The maximum atomic E-state index is 14.8. The Kier molecular flexibility index (Phi) is 9.35. The Hall–Kier alpha value is -2.77. The number of rotatable bonds is 10. The highest BCUT2D eigenvalue weighted by Crippen LogP contribution is 2.40. The second kappa shape index (κ2) is 11.7. The van der Waals surface area contributed by atoms with Gasteiger partial charge in [0.25, 0.3) is 0 Å². The number of esters is 1. The standard InChI is InChI=1S/C25H30F2O5/c1-5-32-23(30)13-19(29)12-18(28)10-11-20-21(15(2)3)14-22(27)25(31-4)24(20)16-6-8-17(26)9-7-16/h6-11,14-15,18-19,28-29H,5,12-13H2,1-4H3. The van der Waals surface area contributed by atoms with Crippen molar-refractivity contribution in [2.75, 3.05) is 13.7 Å². The van der Waals surface area contributed by atoms with Gasteiger partial charge in [-0.3, -0.25) is 4.79 Å². The fraction of sp³-hybridized carbons (Fsp3) is 0.400. The molecule has 2 atom stereocenters. The molecule has 0 bridgehead atoms. The van der Waals surface area contributed by atoms with Gasteiger partial charge >= 0.3 is 5.97 Å². The molecule has 0 radical (unpaired) electrons. The smallest absolute Gasteiger partial charge is 0.308 e. The van der Waals surface area contributed by atoms with Crippen molar-refractivity contribution in [3.05, 3.63) is 59.2 Å². The van der Waals surface area contributed by atoms with E-state index in [0.29, 0.717) is 22.3 Å². The van der Waals surface area contributed by atoms with Crippen LogP contribution in [0.15, 0.2) is 36.4 Å². The Morgan fingerprint density at radius 1 is 1.16 bits per heavy atom. The van der Waals surface area contributed by atoms with Crippen LogP contribution in [0.4, 0.5) is 8.78 Å². The normalized spacial score (nSPS) is 13.4. The summed E-state index contributed by atoms with van der Waals surface area (Å²) in [6, 6.07) is 7.02. The summed E-state index contributed by atoms with van der Waals surface area (Å²) in [7, 11) is 1.36. The van der Waals surface area contributed by atoms with E-state index in [9.17, 15) is 23.8 Å². The van der Waals surface area contributed by atoms with Gasteiger partial charge in [-0.25, -0.2) is 8.78 Å². The van der Waals surface area contributed by atoms with Gasteiger partial charge in [-0.2, -0.15) is 0 Å². The molecule has 2 aromatic rings. The molecule has 5 nitrogen and oxygen atoms in total. The van der Waals surface area contributed by atoms with Crippen molar-refractivity contribution in [3.63, 3.8) is 0 Å². The van der Waals surface area contributed by atoms with Crippen molar-refractivity contribution in [2.45, 2.75) is 51.7 Å². The number of aliphatic hydroxyl groups excluding tert-OH is 2. The topological polar surface area (TPSA) is 76.0 Å². The lowest BCUT2D eigenvalue weighted by atomic mass is 9.88. The van der Waals surface area contributed by atoms with Crippen molar-refractivity contribution < 1.29 is 33.3 Å². The average molecular weight is 449 g/mol. The van der Waals surface area contributed by atoms with Crippen molar-refractivity contribution in [1.82, 2.24) is 0 Å². The van der Waals surface area contributed by atoms with Crippen LogP contribution in [0.25, 0.3) is 17.2 Å². The lowest BCUT2D eigenvalue weighted by Crippen LogP contribution is -2.20. The highest BCUT2D eigenvalue weighted by molar-refractivity contribution is 5.83. The van der Waals surface area contributed by atoms with E-state index in [2.05, 4.69) is 0 Å². The molecule has 2 unspecified atom stereocenters. The van der Waals surface area contributed by atoms with Crippen molar-refractivity contribution in [3.8, 4) is 16.9 Å². The molecule has 0 aromatic heterocycles. The van der Waals surface area contributed by atoms with Crippen LogP contribution in [0.1, 0.15) is 50.7 Å². The zero-order valence-corrected chi connectivity index (χ0v) is 18.8. The number of hydrogen-bond acceptors (Lipinski definition) is 5. The Labute approximate surface area is 187 Å². The maximum absolute atomic E-state index is 14.8. The first-order valence-corrected chi connectivity index (χ1v) is 10.5. The van der Waals surface area contributed by atoms with Gasteiger partial charge in [-0.15, -0.1) is 0 Å². The molecule has 0 spiro atoms. The summed E-state index contributed by atoms with van der Waals surface area (Å²) in [6.45, 7) is 5.70. The molecular weight excluding hydrogens is 418 g/mol. The zero-order valence-electron chi connectivity index (χ0n) is 18.8. The molecule has 0 aliphatic heterocycles. The van der Waals surface area contributed by atoms with Gasteiger partial charge < -0.3 is 19.7 Å². The van der Waals surface area contributed by atoms with Crippen LogP contribution in [-0.2, 0) is 9.53 Å². The fourth-order valence-electron chi connectivity index (χ4n) is 3.49. The first kappa shape index (κ1) is 25.5. The fourth-order valence-corrected chi connectivity index (χ4v) is 3.49. The monoisotopic (exact) mass is 448 g/mol. The van der Waals surface area contributed by atoms with Gasteiger partial charge in [-0.05, 0) is 47.7 Å². The van der Waals surface area contributed by atoms with Crippen molar-refractivity contribution in [2.24, 2.45) is 0 Å². The molecule has 0 aliphatic rings. The third kappa shape index (κ3) is 6.61. The molecule has 0 fully saturated rings. The number of carbonyl (C=O) groups is 1. The summed E-state index contributed by atoms with van der Waals surface area (Å²) < 4.78 is 38.4. The molecular formula is C25H30F2O5. The first-order valence-electron chi connectivity index (χ1n) is 10.5. The van der Waals surface area contributed by atoms with E-state index in [1.807, 2.05) is 13.8 Å². The maximum Gasteiger partial charge on any atom is 0.308 e. The van der Waals surface area contributed by atoms with Gasteiger partial charge in [0.1, 0.15) is 5.82 Å². The van der Waals surface area contributed by atoms with E-state index in [0.717, 1.165) is 0 Å². The van der Waals surface area contributed by atoms with Gasteiger partial charge in [0, 0.05) is 12.0 Å². The Bertz CT molecular complexity index is 938. The van der Waals surface area contributed by atoms with E-state index in [-0.39, 0.29) is 31.1 Å². The molecule has 0 saturated heterocycles. The predicted molar refractivity (Wildman–Crippen MR) is 119 cm³/mol. The minimum atomic E-state index is -1.07. The average Bonchev–Trinajstić information content (AvgIpc) is 2.72. The van der Waals surface area contributed by atoms with Gasteiger partial charge in [0.15, 0.2) is 11.6 Å². The SMILES string of the molecule is CCOC(=O)CC(O)CC(O)C=Cc1c(C(C)C)cc(F)c(OC)c1-c1ccc(F)cc1. The summed E-state index contributed by atoms with van der Waals surface area (Å²) in [5.41, 5.74) is 2.29. The van der Waals surface area contributed by atoms with Crippen LogP contribution in [-0.4, -0.2) is 42.1 Å². The molecule has 0 saturated carbocycles. The molecule has 2 rings (SSSR count). The molecule has 174 valence electrons. The van der Waals surface area contributed by atoms with E-state index in [1.54, 1.807) is 13.0 Å². The number of benzene rings is 2. The summed E-state index contributed by atoms with van der Waals surface area (Å²) >= 11 is 0. The number of aliphatic hydroxyl groups is 2. The van der Waals surface area contributed by atoms with Crippen molar-refractivity contribution >= 4 is 12.0 Å². The molecule has 0 aliphatic carbocycles. The highest BCUT2D eigenvalue weighted by Gasteiger charge is 2.21. The largest absolute Gasteiger partial charge is 0.493 e. The second-order valence-electron chi connectivity index (χ2n) is 7.76. The number of halogens is 2. The first-order chi connectivity index (χ1) is 15.2. The predicted octanol–water partition coefficient (Wildman–Crippen LogP) is 4.84. The third-order valence-corrected chi connectivity index (χ3v) is 4.97. The van der Waals surface area contributed by atoms with Crippen LogP contribution >= 0.6 is 0 Å². The highest BCUT2D eigenvalue weighted by atomic mass is 19.1. The van der Waals surface area contributed by atoms with Gasteiger partial charge in [-0.1, -0.05) is 38.1 Å². The van der Waals surface area contributed by atoms with Crippen LogP contribution in [0.3, 0.4) is 0 Å². The minimum absolute atomic E-state index is 0.0116. The quantitative estimate of drug-likeness (QED) is 0.509. The lowest BCUT2D eigenvalue weighted by Gasteiger charge is -2.20. The van der Waals surface area contributed by atoms with E-state index < -0.39 is 29.8 Å². The molecule has 32 heavy (non-hydrogen) atoms. The van der Waals surface area contributed by atoms with Gasteiger partial charge in [0.05, 0.1) is 32.3 Å². The Balaban J connectivity index is 2.44. The summed E-state index contributed by atoms with van der Waals surface area (Å²) in [6.07, 6.45) is 0.684. The molecule has 2 aromatic carbocycles. The van der Waals surface area contributed by atoms with E-state index in [4.69, 9.17) is 9.47 Å². The van der Waals surface area contributed by atoms with Crippen molar-refractivity contribution in [1.29, 1.82) is 0 Å². The molecule has 7 heteroatoms. The zero-order chi connectivity index (χ0) is 23.8. The minimum Gasteiger partial charge on any atom is -0.493 e. The molecule has 0 amide bonds. The molecule has 2 N–H and O–H groups in total. The summed E-state index contributed by atoms with van der Waals surface area (Å²) in [5, 5.41) is 20.4. The van der Waals surface area contributed by atoms with Gasteiger partial charge in [0.2, 0.25) is 0 Å². The van der Waals surface area contributed by atoms with E-state index in [1.165, 1.54) is 43.5 Å². The number of carbonyl (C=O) groups excluding carboxylic acids is 1. The number of ether oxygens (including phenoxy) is 2. The van der Waals surface area contributed by atoms with Crippen LogP contribution in [0.5, 0.6) is 5.75 Å². The third-order valence-electron chi connectivity index (χ3n) is 4.97. The summed E-state index contributed by atoms with van der Waals surface area (Å²) in [5.74, 6) is -1.55. The van der Waals surface area contributed by atoms with Crippen LogP contribution in [0, 0.1) is 11.6 Å². The Morgan fingerprint density at radius 2 is 1.81 bits per heavy atom.